The maximum absolute atomic E-state index is 11.4. The molecule has 0 aromatic heterocycles. The maximum atomic E-state index is 11.4. The molecule has 0 bridgehead atoms. The summed E-state index contributed by atoms with van der Waals surface area (Å²) in [5.74, 6) is -1.09. The molecule has 1 rings (SSSR count). The molecule has 0 unspecified atom stereocenters. The Morgan fingerprint density at radius 2 is 2.12 bits per heavy atom. The Bertz CT molecular complexity index is 437. The SMILES string of the molecule is NCCNC(=O)Nc1ccc(I)cc1C(=O)O. The number of nitrogens with one attached hydrogen (secondary N) is 2. The average molecular weight is 349 g/mol. The van der Waals surface area contributed by atoms with E-state index in [-0.39, 0.29) is 11.3 Å². The lowest BCUT2D eigenvalue weighted by Crippen LogP contribution is -2.33. The van der Waals surface area contributed by atoms with Gasteiger partial charge in [-0.25, -0.2) is 9.59 Å². The molecule has 17 heavy (non-hydrogen) atoms. The van der Waals surface area contributed by atoms with Gasteiger partial charge in [0.1, 0.15) is 0 Å². The van der Waals surface area contributed by atoms with Crippen LogP contribution in [0.2, 0.25) is 0 Å². The number of halogens is 1. The molecule has 92 valence electrons. The van der Waals surface area contributed by atoms with Crippen molar-refractivity contribution in [2.75, 3.05) is 18.4 Å². The first kappa shape index (κ1) is 13.7. The molecule has 0 saturated carbocycles. The normalized spacial score (nSPS) is 9.76. The maximum Gasteiger partial charge on any atom is 0.337 e. The number of rotatable bonds is 4. The second-order valence-corrected chi connectivity index (χ2v) is 4.41. The molecular weight excluding hydrogens is 337 g/mol. The highest BCUT2D eigenvalue weighted by Crippen LogP contribution is 2.18. The predicted octanol–water partition coefficient (Wildman–Crippen LogP) is 1.07. The Morgan fingerprint density at radius 1 is 1.41 bits per heavy atom. The summed E-state index contributed by atoms with van der Waals surface area (Å²) < 4.78 is 0.785. The van der Waals surface area contributed by atoms with Crippen molar-refractivity contribution in [1.82, 2.24) is 5.32 Å². The Labute approximate surface area is 112 Å². The second kappa shape index (κ2) is 6.40. The Morgan fingerprint density at radius 3 is 2.71 bits per heavy atom. The van der Waals surface area contributed by atoms with E-state index in [0.717, 1.165) is 3.57 Å². The molecule has 0 aliphatic heterocycles. The van der Waals surface area contributed by atoms with Gasteiger partial charge in [0.15, 0.2) is 0 Å². The fourth-order valence-electron chi connectivity index (χ4n) is 1.15. The third kappa shape index (κ3) is 4.19. The highest BCUT2D eigenvalue weighted by molar-refractivity contribution is 14.1. The summed E-state index contributed by atoms with van der Waals surface area (Å²) in [4.78, 5) is 22.3. The first-order valence-electron chi connectivity index (χ1n) is 4.82. The lowest BCUT2D eigenvalue weighted by atomic mass is 10.2. The zero-order valence-corrected chi connectivity index (χ0v) is 11.0. The van der Waals surface area contributed by atoms with Crippen LogP contribution < -0.4 is 16.4 Å². The number of carboxylic acid groups (broad SMARTS) is 1. The quantitative estimate of drug-likeness (QED) is 0.611. The van der Waals surface area contributed by atoms with Gasteiger partial charge in [0.25, 0.3) is 0 Å². The van der Waals surface area contributed by atoms with E-state index in [1.807, 2.05) is 22.6 Å². The lowest BCUT2D eigenvalue weighted by Gasteiger charge is -2.09. The lowest BCUT2D eigenvalue weighted by molar-refractivity contribution is 0.0698. The monoisotopic (exact) mass is 349 g/mol. The minimum Gasteiger partial charge on any atom is -0.478 e. The highest BCUT2D eigenvalue weighted by Gasteiger charge is 2.12. The number of amides is 2. The Balaban J connectivity index is 2.83. The van der Waals surface area contributed by atoms with Crippen molar-refractivity contribution in [3.05, 3.63) is 27.3 Å². The van der Waals surface area contributed by atoms with Crippen molar-refractivity contribution >= 4 is 40.3 Å². The number of anilines is 1. The Hall–Kier alpha value is -1.35. The van der Waals surface area contributed by atoms with Gasteiger partial charge in [-0.15, -0.1) is 0 Å². The van der Waals surface area contributed by atoms with Crippen LogP contribution in [0.1, 0.15) is 10.4 Å². The van der Waals surface area contributed by atoms with Crippen molar-refractivity contribution in [1.29, 1.82) is 0 Å². The summed E-state index contributed by atoms with van der Waals surface area (Å²) in [5.41, 5.74) is 5.54. The minimum atomic E-state index is -1.09. The number of aromatic carboxylic acids is 1. The standard InChI is InChI=1S/C10H12IN3O3/c11-6-1-2-8(7(5-6)9(15)16)14-10(17)13-4-3-12/h1-2,5H,3-4,12H2,(H,15,16)(H2,13,14,17). The molecule has 0 fully saturated rings. The number of carboxylic acids is 1. The minimum absolute atomic E-state index is 0.0554. The third-order valence-corrected chi connectivity index (χ3v) is 2.56. The van der Waals surface area contributed by atoms with Gasteiger partial charge >= 0.3 is 12.0 Å². The fraction of sp³-hybridized carbons (Fsp3) is 0.200. The first-order chi connectivity index (χ1) is 8.04. The number of hydrogen-bond acceptors (Lipinski definition) is 3. The summed E-state index contributed by atoms with van der Waals surface area (Å²) in [5, 5.41) is 13.9. The van der Waals surface area contributed by atoms with E-state index in [1.54, 1.807) is 12.1 Å². The van der Waals surface area contributed by atoms with Gasteiger partial charge in [-0.1, -0.05) is 0 Å². The third-order valence-electron chi connectivity index (χ3n) is 1.89. The number of urea groups is 1. The number of hydrogen-bond donors (Lipinski definition) is 4. The molecule has 5 N–H and O–H groups in total. The van der Waals surface area contributed by atoms with E-state index in [4.69, 9.17) is 10.8 Å². The Kier molecular flexibility index (Phi) is 5.16. The van der Waals surface area contributed by atoms with Crippen LogP contribution in [0.15, 0.2) is 18.2 Å². The fourth-order valence-corrected chi connectivity index (χ4v) is 1.65. The van der Waals surface area contributed by atoms with Crippen molar-refractivity contribution in [3.63, 3.8) is 0 Å². The van der Waals surface area contributed by atoms with Crippen LogP contribution in [0.4, 0.5) is 10.5 Å². The average Bonchev–Trinajstić information content (AvgIpc) is 2.28. The van der Waals surface area contributed by atoms with E-state index in [1.165, 1.54) is 6.07 Å². The van der Waals surface area contributed by atoms with Gasteiger partial charge in [0, 0.05) is 16.7 Å². The van der Waals surface area contributed by atoms with Crippen molar-refractivity contribution < 1.29 is 14.7 Å². The molecule has 0 radical (unpaired) electrons. The smallest absolute Gasteiger partial charge is 0.337 e. The summed E-state index contributed by atoms with van der Waals surface area (Å²) >= 11 is 2.00. The highest BCUT2D eigenvalue weighted by atomic mass is 127. The van der Waals surface area contributed by atoms with E-state index in [2.05, 4.69) is 10.6 Å². The largest absolute Gasteiger partial charge is 0.478 e. The van der Waals surface area contributed by atoms with Crippen LogP contribution in [0.5, 0.6) is 0 Å². The summed E-state index contributed by atoms with van der Waals surface area (Å²) in [7, 11) is 0. The molecule has 0 spiro atoms. The van der Waals surface area contributed by atoms with Crippen LogP contribution in [-0.4, -0.2) is 30.2 Å². The molecule has 0 saturated heterocycles. The zero-order chi connectivity index (χ0) is 12.8. The first-order valence-corrected chi connectivity index (χ1v) is 5.90. The van der Waals surface area contributed by atoms with E-state index < -0.39 is 12.0 Å². The summed E-state index contributed by atoms with van der Waals surface area (Å²) in [6.07, 6.45) is 0. The topological polar surface area (TPSA) is 104 Å². The van der Waals surface area contributed by atoms with Crippen LogP contribution >= 0.6 is 22.6 Å². The molecular formula is C10H12IN3O3. The second-order valence-electron chi connectivity index (χ2n) is 3.16. The van der Waals surface area contributed by atoms with Gasteiger partial charge < -0.3 is 21.5 Å². The van der Waals surface area contributed by atoms with E-state index >= 15 is 0 Å². The predicted molar refractivity (Wildman–Crippen MR) is 72.2 cm³/mol. The van der Waals surface area contributed by atoms with Crippen LogP contribution in [0, 0.1) is 3.57 Å². The molecule has 2 amide bonds. The van der Waals surface area contributed by atoms with Gasteiger partial charge in [-0.2, -0.15) is 0 Å². The van der Waals surface area contributed by atoms with Crippen molar-refractivity contribution in [3.8, 4) is 0 Å². The molecule has 0 aliphatic carbocycles. The van der Waals surface area contributed by atoms with Gasteiger partial charge in [0.05, 0.1) is 11.3 Å². The van der Waals surface area contributed by atoms with E-state index in [9.17, 15) is 9.59 Å². The van der Waals surface area contributed by atoms with Crippen LogP contribution in [0.25, 0.3) is 0 Å². The van der Waals surface area contributed by atoms with Crippen molar-refractivity contribution in [2.45, 2.75) is 0 Å². The molecule has 6 nitrogen and oxygen atoms in total. The van der Waals surface area contributed by atoms with Crippen molar-refractivity contribution in [2.24, 2.45) is 5.73 Å². The molecule has 0 atom stereocenters. The molecule has 7 heteroatoms. The number of benzene rings is 1. The van der Waals surface area contributed by atoms with Crippen LogP contribution in [-0.2, 0) is 0 Å². The zero-order valence-electron chi connectivity index (χ0n) is 8.87. The molecule has 1 aromatic carbocycles. The molecule has 0 heterocycles. The van der Waals surface area contributed by atoms with Crippen LogP contribution in [0.3, 0.4) is 0 Å². The number of nitrogens with two attached hydrogens (primary N) is 1. The number of carbonyl (C=O) groups is 2. The molecule has 0 aliphatic rings. The van der Waals surface area contributed by atoms with Gasteiger partial charge in [0.2, 0.25) is 0 Å². The molecule has 1 aromatic rings. The summed E-state index contributed by atoms with van der Waals surface area (Å²) in [6, 6.07) is 4.28. The van der Waals surface area contributed by atoms with Gasteiger partial charge in [-0.3, -0.25) is 0 Å². The summed E-state index contributed by atoms with van der Waals surface area (Å²) in [6.45, 7) is 0.657. The van der Waals surface area contributed by atoms with Gasteiger partial charge in [-0.05, 0) is 40.8 Å². The number of carbonyl (C=O) groups excluding carboxylic acids is 1. The van der Waals surface area contributed by atoms with E-state index in [0.29, 0.717) is 13.1 Å².